The third-order valence-electron chi connectivity index (χ3n) is 5.12. The number of piperazine rings is 1. The molecular formula is C20H21N5O4S2. The summed E-state index contributed by atoms with van der Waals surface area (Å²) in [5.41, 5.74) is 0.563. The molecule has 0 radical (unpaired) electrons. The lowest BCUT2D eigenvalue weighted by atomic mass is 10.2. The Bertz CT molecular complexity index is 1150. The van der Waals surface area contributed by atoms with Crippen LogP contribution in [0.4, 0.5) is 10.6 Å². The van der Waals surface area contributed by atoms with Crippen LogP contribution in [0.3, 0.4) is 0 Å². The zero-order valence-electron chi connectivity index (χ0n) is 17.1. The van der Waals surface area contributed by atoms with E-state index in [1.54, 1.807) is 43.3 Å². The number of thioether (sulfide) groups is 1. The fraction of sp³-hybridized carbons (Fsp3) is 0.350. The highest BCUT2D eigenvalue weighted by atomic mass is 32.2. The fourth-order valence-electron chi connectivity index (χ4n) is 3.45. The lowest BCUT2D eigenvalue weighted by Crippen LogP contribution is -2.49. The van der Waals surface area contributed by atoms with E-state index in [9.17, 15) is 14.4 Å². The lowest BCUT2D eigenvalue weighted by Gasteiger charge is -2.35. The number of likely N-dealkylation sites (N-methyl/N-ethyl adjacent to an activating group) is 1. The van der Waals surface area contributed by atoms with E-state index >= 15 is 0 Å². The van der Waals surface area contributed by atoms with Gasteiger partial charge in [0.1, 0.15) is 15.8 Å². The smallest absolute Gasteiger partial charge is 0.409 e. The zero-order chi connectivity index (χ0) is 22.1. The minimum absolute atomic E-state index is 0.245. The zero-order valence-corrected chi connectivity index (χ0v) is 18.7. The number of ether oxygens (including phenoxy) is 1. The van der Waals surface area contributed by atoms with E-state index < -0.39 is 0 Å². The van der Waals surface area contributed by atoms with Gasteiger partial charge in [0.25, 0.3) is 11.5 Å². The minimum Gasteiger partial charge on any atom is -0.450 e. The van der Waals surface area contributed by atoms with Crippen LogP contribution < -0.4 is 10.5 Å². The molecule has 11 heteroatoms. The molecule has 2 aliphatic rings. The summed E-state index contributed by atoms with van der Waals surface area (Å²) in [6, 6.07) is 5.32. The van der Waals surface area contributed by atoms with Crippen molar-refractivity contribution in [1.29, 1.82) is 0 Å². The van der Waals surface area contributed by atoms with Crippen molar-refractivity contribution in [1.82, 2.24) is 19.2 Å². The fourth-order valence-corrected chi connectivity index (χ4v) is 4.61. The number of carbonyl (C=O) groups excluding carboxylic acids is 2. The summed E-state index contributed by atoms with van der Waals surface area (Å²) < 4.78 is 6.97. The Hall–Kier alpha value is -2.92. The summed E-state index contributed by atoms with van der Waals surface area (Å²) in [4.78, 5) is 47.9. The van der Waals surface area contributed by atoms with Crippen LogP contribution in [0, 0.1) is 0 Å². The lowest BCUT2D eigenvalue weighted by molar-refractivity contribution is -0.121. The number of amides is 2. The summed E-state index contributed by atoms with van der Waals surface area (Å²) >= 11 is 6.37. The van der Waals surface area contributed by atoms with Gasteiger partial charge in [-0.1, -0.05) is 30.0 Å². The van der Waals surface area contributed by atoms with E-state index in [1.807, 2.05) is 11.0 Å². The first-order chi connectivity index (χ1) is 14.9. The van der Waals surface area contributed by atoms with Crippen LogP contribution in [0.5, 0.6) is 0 Å². The number of aromatic nitrogens is 2. The Morgan fingerprint density at radius 1 is 1.26 bits per heavy atom. The van der Waals surface area contributed by atoms with Gasteiger partial charge in [-0.05, 0) is 25.1 Å². The molecule has 0 N–H and O–H groups in total. The topological polar surface area (TPSA) is 87.5 Å². The number of nitrogens with zero attached hydrogens (tertiary/aromatic N) is 5. The Morgan fingerprint density at radius 2 is 2.00 bits per heavy atom. The van der Waals surface area contributed by atoms with Gasteiger partial charge >= 0.3 is 6.09 Å². The van der Waals surface area contributed by atoms with Crippen molar-refractivity contribution >= 4 is 57.8 Å². The van der Waals surface area contributed by atoms with E-state index in [0.717, 1.165) is 11.8 Å². The monoisotopic (exact) mass is 459 g/mol. The van der Waals surface area contributed by atoms with Crippen molar-refractivity contribution in [3.8, 4) is 0 Å². The molecule has 0 saturated carbocycles. The molecule has 4 rings (SSSR count). The summed E-state index contributed by atoms with van der Waals surface area (Å²) in [6.07, 6.45) is 2.88. The molecule has 2 saturated heterocycles. The molecular weight excluding hydrogens is 438 g/mol. The van der Waals surface area contributed by atoms with Gasteiger partial charge < -0.3 is 14.5 Å². The van der Waals surface area contributed by atoms with Crippen molar-refractivity contribution in [2.75, 3.05) is 44.7 Å². The van der Waals surface area contributed by atoms with Crippen molar-refractivity contribution in [3.05, 3.63) is 45.2 Å². The molecule has 2 aromatic rings. The second-order valence-corrected chi connectivity index (χ2v) is 8.67. The van der Waals surface area contributed by atoms with Gasteiger partial charge in [-0.15, -0.1) is 0 Å². The summed E-state index contributed by atoms with van der Waals surface area (Å²) in [7, 11) is 1.61. The highest BCUT2D eigenvalue weighted by Gasteiger charge is 2.31. The number of carbonyl (C=O) groups is 2. The third kappa shape index (κ3) is 4.02. The van der Waals surface area contributed by atoms with Crippen LogP contribution in [0.25, 0.3) is 11.7 Å². The molecule has 9 nitrogen and oxygen atoms in total. The second-order valence-electron chi connectivity index (χ2n) is 7.00. The van der Waals surface area contributed by atoms with Crippen LogP contribution >= 0.6 is 24.0 Å². The highest BCUT2D eigenvalue weighted by molar-refractivity contribution is 8.26. The van der Waals surface area contributed by atoms with Crippen LogP contribution in [0.1, 0.15) is 12.5 Å². The molecule has 0 aromatic carbocycles. The standard InChI is InChI=1S/C20H21N5O4S2/c1-3-29-19(28)24-10-8-23(9-11-24)16-13(12-14-18(27)22(2)20(30)31-14)17(26)25-7-5-4-6-15(25)21-16/h4-7,12H,3,8-11H2,1-2H3/b14-12-. The van der Waals surface area contributed by atoms with Crippen LogP contribution in [0.2, 0.25) is 0 Å². The van der Waals surface area contributed by atoms with E-state index in [1.165, 1.54) is 9.30 Å². The third-order valence-corrected chi connectivity index (χ3v) is 6.60. The summed E-state index contributed by atoms with van der Waals surface area (Å²) in [5, 5.41) is 0. The quantitative estimate of drug-likeness (QED) is 0.507. The maximum atomic E-state index is 13.3. The van der Waals surface area contributed by atoms with Gasteiger partial charge in [0.15, 0.2) is 0 Å². The van der Waals surface area contributed by atoms with Crippen molar-refractivity contribution in [3.63, 3.8) is 0 Å². The molecule has 0 atom stereocenters. The van der Waals surface area contributed by atoms with E-state index in [-0.39, 0.29) is 17.6 Å². The van der Waals surface area contributed by atoms with Gasteiger partial charge in [-0.2, -0.15) is 0 Å². The van der Waals surface area contributed by atoms with Crippen LogP contribution in [-0.4, -0.2) is 75.3 Å². The molecule has 0 bridgehead atoms. The molecule has 2 aromatic heterocycles. The van der Waals surface area contributed by atoms with E-state index in [0.29, 0.717) is 59.0 Å². The average molecular weight is 460 g/mol. The first kappa shape index (κ1) is 21.3. The van der Waals surface area contributed by atoms with Gasteiger partial charge in [0, 0.05) is 39.4 Å². The predicted octanol–water partition coefficient (Wildman–Crippen LogP) is 1.80. The molecule has 0 spiro atoms. The summed E-state index contributed by atoms with van der Waals surface area (Å²) in [6.45, 7) is 3.97. The number of fused-ring (bicyclic) bond motifs is 1. The molecule has 162 valence electrons. The Kier molecular flexibility index (Phi) is 5.96. The normalized spacial score (nSPS) is 18.4. The van der Waals surface area contributed by atoms with Crippen LogP contribution in [-0.2, 0) is 9.53 Å². The average Bonchev–Trinajstić information content (AvgIpc) is 3.02. The van der Waals surface area contributed by atoms with Gasteiger partial charge in [-0.3, -0.25) is 18.9 Å². The molecule has 2 aliphatic heterocycles. The largest absolute Gasteiger partial charge is 0.450 e. The van der Waals surface area contributed by atoms with E-state index in [4.69, 9.17) is 21.9 Å². The molecule has 0 unspecified atom stereocenters. The maximum absolute atomic E-state index is 13.3. The SMILES string of the molecule is CCOC(=O)N1CCN(c2nc3ccccn3c(=O)c2/C=C2\SC(=S)N(C)C2=O)CC1. The second kappa shape index (κ2) is 8.67. The van der Waals surface area contributed by atoms with Crippen molar-refractivity contribution < 1.29 is 14.3 Å². The number of anilines is 1. The minimum atomic E-state index is -0.347. The van der Waals surface area contributed by atoms with Gasteiger partial charge in [0.05, 0.1) is 17.1 Å². The predicted molar refractivity (Wildman–Crippen MR) is 123 cm³/mol. The first-order valence-electron chi connectivity index (χ1n) is 9.80. The van der Waals surface area contributed by atoms with Crippen LogP contribution in [0.15, 0.2) is 34.1 Å². The Morgan fingerprint density at radius 3 is 2.65 bits per heavy atom. The molecule has 31 heavy (non-hydrogen) atoms. The Labute approximate surface area is 188 Å². The summed E-state index contributed by atoms with van der Waals surface area (Å²) in [5.74, 6) is 0.242. The van der Waals surface area contributed by atoms with Crippen molar-refractivity contribution in [2.45, 2.75) is 6.92 Å². The number of hydrogen-bond donors (Lipinski definition) is 0. The maximum Gasteiger partial charge on any atom is 0.409 e. The highest BCUT2D eigenvalue weighted by Crippen LogP contribution is 2.32. The van der Waals surface area contributed by atoms with E-state index in [2.05, 4.69) is 0 Å². The number of pyridine rings is 1. The molecule has 4 heterocycles. The number of rotatable bonds is 3. The first-order valence-corrected chi connectivity index (χ1v) is 11.0. The van der Waals surface area contributed by atoms with Gasteiger partial charge in [0.2, 0.25) is 0 Å². The molecule has 0 aliphatic carbocycles. The number of hydrogen-bond acceptors (Lipinski definition) is 8. The van der Waals surface area contributed by atoms with Gasteiger partial charge in [-0.25, -0.2) is 9.78 Å². The van der Waals surface area contributed by atoms with Crippen molar-refractivity contribution in [2.24, 2.45) is 0 Å². The molecule has 2 fully saturated rings. The number of thiocarbonyl (C=S) groups is 1. The Balaban J connectivity index is 1.74. The molecule has 2 amide bonds.